The van der Waals surface area contributed by atoms with E-state index in [1.165, 1.54) is 23.5 Å². The van der Waals surface area contributed by atoms with Crippen molar-refractivity contribution in [3.05, 3.63) is 45.4 Å². The molecule has 2 rings (SSSR count). The molecule has 0 aliphatic heterocycles. The van der Waals surface area contributed by atoms with E-state index in [9.17, 15) is 9.59 Å². The van der Waals surface area contributed by atoms with Crippen molar-refractivity contribution in [3.63, 3.8) is 0 Å². The average Bonchev–Trinajstić information content (AvgIpc) is 2.90. The second kappa shape index (κ2) is 6.47. The van der Waals surface area contributed by atoms with Crippen LogP contribution in [0.2, 0.25) is 0 Å². The number of hydrogen-bond acceptors (Lipinski definition) is 5. The SMILES string of the molecule is Cc1ccc(C(=O)O)cc1NC(=O)c1csc(CCN)n1. The fourth-order valence-electron chi connectivity index (χ4n) is 1.73. The Bertz CT molecular complexity index is 682. The van der Waals surface area contributed by atoms with Crippen molar-refractivity contribution in [2.24, 2.45) is 5.73 Å². The van der Waals surface area contributed by atoms with Gasteiger partial charge in [-0.25, -0.2) is 9.78 Å². The van der Waals surface area contributed by atoms with Gasteiger partial charge in [0.2, 0.25) is 0 Å². The third-order valence-electron chi connectivity index (χ3n) is 2.88. The zero-order chi connectivity index (χ0) is 15.4. The molecule has 110 valence electrons. The molecule has 21 heavy (non-hydrogen) atoms. The van der Waals surface area contributed by atoms with Crippen molar-refractivity contribution in [2.75, 3.05) is 11.9 Å². The second-order valence-corrected chi connectivity index (χ2v) is 5.40. The van der Waals surface area contributed by atoms with Gasteiger partial charge in [-0.3, -0.25) is 4.79 Å². The number of carboxylic acid groups (broad SMARTS) is 1. The Morgan fingerprint density at radius 3 is 2.86 bits per heavy atom. The Hall–Kier alpha value is -2.25. The van der Waals surface area contributed by atoms with Crippen LogP contribution in [0.25, 0.3) is 0 Å². The van der Waals surface area contributed by atoms with Crippen molar-refractivity contribution < 1.29 is 14.7 Å². The molecule has 0 bridgehead atoms. The van der Waals surface area contributed by atoms with E-state index in [0.29, 0.717) is 24.3 Å². The summed E-state index contributed by atoms with van der Waals surface area (Å²) in [6, 6.07) is 4.58. The third kappa shape index (κ3) is 3.65. The highest BCUT2D eigenvalue weighted by molar-refractivity contribution is 7.09. The molecule has 0 aliphatic rings. The molecule has 0 spiro atoms. The number of carboxylic acids is 1. The van der Waals surface area contributed by atoms with E-state index in [-0.39, 0.29) is 11.5 Å². The summed E-state index contributed by atoms with van der Waals surface area (Å²) in [5.41, 5.74) is 7.13. The van der Waals surface area contributed by atoms with Crippen molar-refractivity contribution in [1.82, 2.24) is 4.98 Å². The number of carbonyl (C=O) groups excluding carboxylic acids is 1. The molecule has 1 heterocycles. The van der Waals surface area contributed by atoms with E-state index >= 15 is 0 Å². The smallest absolute Gasteiger partial charge is 0.335 e. The first-order chi connectivity index (χ1) is 10.0. The standard InChI is InChI=1S/C14H15N3O3S/c1-8-2-3-9(14(19)20)6-10(8)17-13(18)11-7-21-12(16-11)4-5-15/h2-3,6-7H,4-5,15H2,1H3,(H,17,18)(H,19,20). The molecule has 0 saturated carbocycles. The number of aryl methyl sites for hydroxylation is 1. The lowest BCUT2D eigenvalue weighted by molar-refractivity contribution is 0.0696. The molecule has 7 heteroatoms. The molecule has 0 unspecified atom stereocenters. The van der Waals surface area contributed by atoms with Crippen molar-refractivity contribution in [1.29, 1.82) is 0 Å². The molecule has 1 aromatic heterocycles. The monoisotopic (exact) mass is 305 g/mol. The van der Waals surface area contributed by atoms with Crippen LogP contribution in [0.1, 0.15) is 31.4 Å². The van der Waals surface area contributed by atoms with Gasteiger partial charge in [0.15, 0.2) is 0 Å². The van der Waals surface area contributed by atoms with Crippen LogP contribution in [0, 0.1) is 6.92 Å². The Kier molecular flexibility index (Phi) is 4.66. The quantitative estimate of drug-likeness (QED) is 0.782. The van der Waals surface area contributed by atoms with Gasteiger partial charge in [-0.1, -0.05) is 6.07 Å². The molecule has 2 aromatic rings. The van der Waals surface area contributed by atoms with Gasteiger partial charge in [0.1, 0.15) is 5.69 Å². The number of anilines is 1. The molecular formula is C14H15N3O3S. The number of carbonyl (C=O) groups is 2. The number of benzene rings is 1. The van der Waals surface area contributed by atoms with Crippen LogP contribution in [0.5, 0.6) is 0 Å². The third-order valence-corrected chi connectivity index (χ3v) is 3.78. The van der Waals surface area contributed by atoms with Gasteiger partial charge in [0.05, 0.1) is 10.6 Å². The maximum Gasteiger partial charge on any atom is 0.335 e. The van der Waals surface area contributed by atoms with Crippen molar-refractivity contribution >= 4 is 28.9 Å². The number of hydrogen-bond donors (Lipinski definition) is 3. The zero-order valence-corrected chi connectivity index (χ0v) is 12.2. The fraction of sp³-hybridized carbons (Fsp3) is 0.214. The number of aromatic nitrogens is 1. The summed E-state index contributed by atoms with van der Waals surface area (Å²) in [7, 11) is 0. The van der Waals surface area contributed by atoms with Crippen LogP contribution in [0.3, 0.4) is 0 Å². The van der Waals surface area contributed by atoms with E-state index in [0.717, 1.165) is 10.6 Å². The van der Waals surface area contributed by atoms with Crippen LogP contribution >= 0.6 is 11.3 Å². The van der Waals surface area contributed by atoms with Crippen LogP contribution in [0.15, 0.2) is 23.6 Å². The van der Waals surface area contributed by atoms with E-state index in [4.69, 9.17) is 10.8 Å². The number of rotatable bonds is 5. The summed E-state index contributed by atoms with van der Waals surface area (Å²) >= 11 is 1.38. The average molecular weight is 305 g/mol. The number of nitrogens with one attached hydrogen (secondary N) is 1. The highest BCUT2D eigenvalue weighted by Crippen LogP contribution is 2.19. The predicted molar refractivity (Wildman–Crippen MR) is 81.0 cm³/mol. The Morgan fingerprint density at radius 2 is 2.19 bits per heavy atom. The number of amides is 1. The molecule has 1 aromatic carbocycles. The van der Waals surface area contributed by atoms with E-state index in [1.54, 1.807) is 18.4 Å². The van der Waals surface area contributed by atoms with Gasteiger partial charge in [0.25, 0.3) is 5.91 Å². The molecule has 0 radical (unpaired) electrons. The molecule has 0 saturated heterocycles. The minimum absolute atomic E-state index is 0.123. The summed E-state index contributed by atoms with van der Waals surface area (Å²) < 4.78 is 0. The van der Waals surface area contributed by atoms with Gasteiger partial charge in [-0.15, -0.1) is 11.3 Å². The van der Waals surface area contributed by atoms with Crippen LogP contribution in [-0.2, 0) is 6.42 Å². The zero-order valence-electron chi connectivity index (χ0n) is 11.4. The molecular weight excluding hydrogens is 290 g/mol. The molecule has 6 nitrogen and oxygen atoms in total. The maximum absolute atomic E-state index is 12.1. The lowest BCUT2D eigenvalue weighted by atomic mass is 10.1. The Morgan fingerprint density at radius 1 is 1.43 bits per heavy atom. The first-order valence-corrected chi connectivity index (χ1v) is 7.19. The second-order valence-electron chi connectivity index (χ2n) is 4.45. The van der Waals surface area contributed by atoms with Crippen molar-refractivity contribution in [3.8, 4) is 0 Å². The Balaban J connectivity index is 2.18. The minimum Gasteiger partial charge on any atom is -0.478 e. The summed E-state index contributed by atoms with van der Waals surface area (Å²) in [5.74, 6) is -1.40. The fourth-order valence-corrected chi connectivity index (χ4v) is 2.52. The van der Waals surface area contributed by atoms with Gasteiger partial charge >= 0.3 is 5.97 Å². The first-order valence-electron chi connectivity index (χ1n) is 6.31. The number of nitrogens with two attached hydrogens (primary N) is 1. The van der Waals surface area contributed by atoms with Gasteiger partial charge < -0.3 is 16.2 Å². The lowest BCUT2D eigenvalue weighted by Gasteiger charge is -2.08. The van der Waals surface area contributed by atoms with Crippen LogP contribution in [0.4, 0.5) is 5.69 Å². The minimum atomic E-state index is -1.04. The highest BCUT2D eigenvalue weighted by atomic mass is 32.1. The van der Waals surface area contributed by atoms with Gasteiger partial charge in [-0.2, -0.15) is 0 Å². The van der Waals surface area contributed by atoms with E-state index in [1.807, 2.05) is 0 Å². The molecule has 1 amide bonds. The highest BCUT2D eigenvalue weighted by Gasteiger charge is 2.13. The summed E-state index contributed by atoms with van der Waals surface area (Å²) in [5, 5.41) is 14.1. The van der Waals surface area contributed by atoms with E-state index < -0.39 is 5.97 Å². The van der Waals surface area contributed by atoms with Gasteiger partial charge in [0, 0.05) is 17.5 Å². The summed E-state index contributed by atoms with van der Waals surface area (Å²) in [4.78, 5) is 27.3. The number of aromatic carboxylic acids is 1. The maximum atomic E-state index is 12.1. The molecule has 4 N–H and O–H groups in total. The summed E-state index contributed by atoms with van der Waals surface area (Å²) in [6.07, 6.45) is 0.630. The van der Waals surface area contributed by atoms with Crippen molar-refractivity contribution in [2.45, 2.75) is 13.3 Å². The summed E-state index contributed by atoms with van der Waals surface area (Å²) in [6.45, 7) is 2.27. The molecule has 0 aliphatic carbocycles. The van der Waals surface area contributed by atoms with Crippen LogP contribution in [-0.4, -0.2) is 28.5 Å². The largest absolute Gasteiger partial charge is 0.478 e. The number of nitrogens with zero attached hydrogens (tertiary/aromatic N) is 1. The molecule has 0 fully saturated rings. The van der Waals surface area contributed by atoms with Crippen LogP contribution < -0.4 is 11.1 Å². The predicted octanol–water partition coefficient (Wildman–Crippen LogP) is 1.90. The Labute approximate surface area is 125 Å². The topological polar surface area (TPSA) is 105 Å². The van der Waals surface area contributed by atoms with E-state index in [2.05, 4.69) is 10.3 Å². The number of thiazole rings is 1. The normalized spacial score (nSPS) is 10.4. The lowest BCUT2D eigenvalue weighted by Crippen LogP contribution is -2.14. The molecule has 0 atom stereocenters. The van der Waals surface area contributed by atoms with Gasteiger partial charge in [-0.05, 0) is 31.2 Å². The first kappa shape index (κ1) is 15.1.